The van der Waals surface area contributed by atoms with Crippen LogP contribution >= 0.6 is 0 Å². The summed E-state index contributed by atoms with van der Waals surface area (Å²) < 4.78 is 11.0. The number of rotatable bonds is 6. The Hall–Kier alpha value is -3.79. The Kier molecular flexibility index (Phi) is 5.66. The van der Waals surface area contributed by atoms with Gasteiger partial charge in [0.25, 0.3) is 0 Å². The number of carbonyl (C=O) groups is 1. The number of hydrogen-bond donors (Lipinski definition) is 1. The van der Waals surface area contributed by atoms with Crippen molar-refractivity contribution in [2.24, 2.45) is 0 Å². The Morgan fingerprint density at radius 3 is 2.37 bits per heavy atom. The van der Waals surface area contributed by atoms with Crippen LogP contribution in [0.15, 0.2) is 84.9 Å². The van der Waals surface area contributed by atoms with Gasteiger partial charge in [-0.15, -0.1) is 0 Å². The Morgan fingerprint density at radius 2 is 1.63 bits per heavy atom. The SMILES string of the molecule is CC(C=C(c1ccc(C=CC(=O)O)cc1)c1ccc2c(c1)OCO2)c1ccccc1. The summed E-state index contributed by atoms with van der Waals surface area (Å²) in [7, 11) is 0. The number of ether oxygens (including phenoxy) is 2. The predicted molar refractivity (Wildman–Crippen MR) is 118 cm³/mol. The van der Waals surface area contributed by atoms with E-state index < -0.39 is 5.97 Å². The second-order valence-electron chi connectivity index (χ2n) is 7.14. The van der Waals surface area contributed by atoms with Crippen LogP contribution in [-0.4, -0.2) is 17.9 Å². The third-order valence-electron chi connectivity index (χ3n) is 5.07. The van der Waals surface area contributed by atoms with Gasteiger partial charge in [0, 0.05) is 6.08 Å². The molecule has 4 heteroatoms. The minimum absolute atomic E-state index is 0.207. The fourth-order valence-electron chi connectivity index (χ4n) is 3.47. The summed E-state index contributed by atoms with van der Waals surface area (Å²) in [6.07, 6.45) is 4.97. The van der Waals surface area contributed by atoms with Gasteiger partial charge in [-0.25, -0.2) is 4.79 Å². The van der Waals surface area contributed by atoms with E-state index in [1.165, 1.54) is 5.56 Å². The summed E-state index contributed by atoms with van der Waals surface area (Å²) in [6.45, 7) is 2.41. The van der Waals surface area contributed by atoms with Crippen LogP contribution in [0.3, 0.4) is 0 Å². The second-order valence-corrected chi connectivity index (χ2v) is 7.14. The van der Waals surface area contributed by atoms with E-state index >= 15 is 0 Å². The van der Waals surface area contributed by atoms with Gasteiger partial charge in [-0.05, 0) is 52.0 Å². The van der Waals surface area contributed by atoms with Crippen molar-refractivity contribution in [1.82, 2.24) is 0 Å². The molecule has 0 spiro atoms. The topological polar surface area (TPSA) is 55.8 Å². The molecule has 3 aromatic rings. The average Bonchev–Trinajstić information content (AvgIpc) is 3.25. The third kappa shape index (κ3) is 4.44. The first kappa shape index (κ1) is 19.5. The molecule has 3 aromatic carbocycles. The zero-order valence-corrected chi connectivity index (χ0v) is 16.6. The summed E-state index contributed by atoms with van der Waals surface area (Å²) in [4.78, 5) is 10.8. The summed E-state index contributed by atoms with van der Waals surface area (Å²) in [5.74, 6) is 0.741. The van der Waals surface area contributed by atoms with Gasteiger partial charge >= 0.3 is 5.97 Å². The first-order chi connectivity index (χ1) is 14.6. The van der Waals surface area contributed by atoms with Gasteiger partial charge in [0.15, 0.2) is 11.5 Å². The highest BCUT2D eigenvalue weighted by Crippen LogP contribution is 2.37. The van der Waals surface area contributed by atoms with Crippen molar-refractivity contribution in [2.45, 2.75) is 12.8 Å². The molecule has 0 fully saturated rings. The quantitative estimate of drug-likeness (QED) is 0.537. The molecule has 0 aromatic heterocycles. The van der Waals surface area contributed by atoms with Gasteiger partial charge in [0.1, 0.15) is 0 Å². The number of benzene rings is 3. The molecule has 0 bridgehead atoms. The number of aliphatic carboxylic acids is 1. The Labute approximate surface area is 175 Å². The Morgan fingerprint density at radius 1 is 0.933 bits per heavy atom. The molecule has 0 saturated heterocycles. The number of fused-ring (bicyclic) bond motifs is 1. The molecule has 4 rings (SSSR count). The van der Waals surface area contributed by atoms with E-state index in [4.69, 9.17) is 14.6 Å². The number of carboxylic acids is 1. The minimum Gasteiger partial charge on any atom is -0.478 e. The largest absolute Gasteiger partial charge is 0.478 e. The highest BCUT2D eigenvalue weighted by Gasteiger charge is 2.16. The van der Waals surface area contributed by atoms with Crippen LogP contribution in [0.1, 0.15) is 35.1 Å². The Bertz CT molecular complexity index is 1100. The van der Waals surface area contributed by atoms with Gasteiger partial charge in [0.2, 0.25) is 6.79 Å². The van der Waals surface area contributed by atoms with Crippen molar-refractivity contribution in [2.75, 3.05) is 6.79 Å². The van der Waals surface area contributed by atoms with E-state index in [-0.39, 0.29) is 12.7 Å². The molecule has 0 amide bonds. The standard InChI is InChI=1S/C26H22O4/c1-18(20-5-3-2-4-6-20)15-23(22-12-13-24-25(16-22)30-17-29-24)21-10-7-19(8-11-21)9-14-26(27)28/h2-16,18H,17H2,1H3,(H,27,28). The lowest BCUT2D eigenvalue weighted by atomic mass is 9.91. The molecule has 1 heterocycles. The van der Waals surface area contributed by atoms with E-state index in [2.05, 4.69) is 25.1 Å². The van der Waals surface area contributed by atoms with Crippen LogP contribution in [0.2, 0.25) is 0 Å². The number of carboxylic acid groups (broad SMARTS) is 1. The van der Waals surface area contributed by atoms with Crippen LogP contribution in [0.5, 0.6) is 11.5 Å². The number of allylic oxidation sites excluding steroid dienone is 1. The average molecular weight is 398 g/mol. The van der Waals surface area contributed by atoms with E-state index in [9.17, 15) is 4.79 Å². The lowest BCUT2D eigenvalue weighted by molar-refractivity contribution is -0.131. The maximum absolute atomic E-state index is 10.8. The fraction of sp³-hybridized carbons (Fsp3) is 0.115. The molecule has 0 aliphatic carbocycles. The normalized spacial score (nSPS) is 14.1. The van der Waals surface area contributed by atoms with Crippen molar-refractivity contribution in [3.05, 3.63) is 107 Å². The van der Waals surface area contributed by atoms with Crippen LogP contribution < -0.4 is 9.47 Å². The van der Waals surface area contributed by atoms with Crippen molar-refractivity contribution in [3.63, 3.8) is 0 Å². The van der Waals surface area contributed by atoms with Gasteiger partial charge in [-0.2, -0.15) is 0 Å². The van der Waals surface area contributed by atoms with Crippen LogP contribution in [0.4, 0.5) is 0 Å². The van der Waals surface area contributed by atoms with Crippen molar-refractivity contribution in [3.8, 4) is 11.5 Å². The molecular weight excluding hydrogens is 376 g/mol. The lowest BCUT2D eigenvalue weighted by Gasteiger charge is -2.14. The maximum Gasteiger partial charge on any atom is 0.328 e. The van der Waals surface area contributed by atoms with Crippen molar-refractivity contribution in [1.29, 1.82) is 0 Å². The second kappa shape index (κ2) is 8.70. The molecule has 4 nitrogen and oxygen atoms in total. The van der Waals surface area contributed by atoms with Gasteiger partial charge in [-0.1, -0.05) is 73.7 Å². The molecule has 1 atom stereocenters. The molecule has 1 N–H and O–H groups in total. The molecule has 1 unspecified atom stereocenters. The highest BCUT2D eigenvalue weighted by atomic mass is 16.7. The fourth-order valence-corrected chi connectivity index (χ4v) is 3.47. The molecular formula is C26H22O4. The van der Waals surface area contributed by atoms with Crippen LogP contribution in [0, 0.1) is 0 Å². The van der Waals surface area contributed by atoms with E-state index in [1.807, 2.05) is 60.7 Å². The molecule has 1 aliphatic heterocycles. The van der Waals surface area contributed by atoms with Gasteiger partial charge < -0.3 is 14.6 Å². The van der Waals surface area contributed by atoms with Crippen LogP contribution in [-0.2, 0) is 4.79 Å². The summed E-state index contributed by atoms with van der Waals surface area (Å²) in [5, 5.41) is 8.83. The van der Waals surface area contributed by atoms with E-state index in [0.29, 0.717) is 0 Å². The highest BCUT2D eigenvalue weighted by molar-refractivity contribution is 5.86. The zero-order valence-electron chi connectivity index (χ0n) is 16.6. The van der Waals surface area contributed by atoms with Gasteiger partial charge in [-0.3, -0.25) is 0 Å². The lowest BCUT2D eigenvalue weighted by Crippen LogP contribution is -1.95. The first-order valence-corrected chi connectivity index (χ1v) is 9.78. The summed E-state index contributed by atoms with van der Waals surface area (Å²) in [6, 6.07) is 24.2. The summed E-state index contributed by atoms with van der Waals surface area (Å²) in [5.41, 5.74) is 5.23. The molecule has 0 saturated carbocycles. The number of hydrogen-bond acceptors (Lipinski definition) is 3. The minimum atomic E-state index is -0.961. The maximum atomic E-state index is 10.8. The zero-order chi connectivity index (χ0) is 20.9. The molecule has 30 heavy (non-hydrogen) atoms. The molecule has 1 aliphatic rings. The van der Waals surface area contributed by atoms with Gasteiger partial charge in [0.05, 0.1) is 0 Å². The first-order valence-electron chi connectivity index (χ1n) is 9.78. The molecule has 150 valence electrons. The third-order valence-corrected chi connectivity index (χ3v) is 5.07. The van der Waals surface area contributed by atoms with E-state index in [1.54, 1.807) is 6.08 Å². The smallest absolute Gasteiger partial charge is 0.328 e. The monoisotopic (exact) mass is 398 g/mol. The molecule has 0 radical (unpaired) electrons. The van der Waals surface area contributed by atoms with Crippen LogP contribution in [0.25, 0.3) is 11.6 Å². The predicted octanol–water partition coefficient (Wildman–Crippen LogP) is 5.75. The van der Waals surface area contributed by atoms with Crippen molar-refractivity contribution < 1.29 is 19.4 Å². The van der Waals surface area contributed by atoms with E-state index in [0.717, 1.165) is 39.8 Å². The Balaban J connectivity index is 1.74. The summed E-state index contributed by atoms with van der Waals surface area (Å²) >= 11 is 0. The van der Waals surface area contributed by atoms with Crippen molar-refractivity contribution >= 4 is 17.6 Å².